The van der Waals surface area contributed by atoms with Crippen LogP contribution in [0, 0.1) is 5.92 Å². The lowest BCUT2D eigenvalue weighted by molar-refractivity contribution is 0.302. The Morgan fingerprint density at radius 1 is 0.722 bits per heavy atom. The molecule has 194 valence electrons. The lowest BCUT2D eigenvalue weighted by Gasteiger charge is -2.29. The third kappa shape index (κ3) is 7.96. The van der Waals surface area contributed by atoms with Gasteiger partial charge in [0.15, 0.2) is 0 Å². The van der Waals surface area contributed by atoms with Crippen LogP contribution in [0.4, 0.5) is 0 Å². The Kier molecular flexibility index (Phi) is 10.9. The topological polar surface area (TPSA) is 0 Å². The van der Waals surface area contributed by atoms with E-state index in [0.29, 0.717) is 5.92 Å². The van der Waals surface area contributed by atoms with Gasteiger partial charge in [0.2, 0.25) is 0 Å². The summed E-state index contributed by atoms with van der Waals surface area (Å²) in [5, 5.41) is 0. The van der Waals surface area contributed by atoms with Crippen LogP contribution in [-0.4, -0.2) is 0 Å². The summed E-state index contributed by atoms with van der Waals surface area (Å²) in [6.07, 6.45) is 26.2. The molecule has 0 saturated heterocycles. The van der Waals surface area contributed by atoms with E-state index in [-0.39, 0.29) is 0 Å². The third-order valence-electron chi connectivity index (χ3n) is 9.07. The molecule has 0 aromatic heterocycles. The molecule has 2 aromatic rings. The maximum atomic E-state index is 3.84. The standard InChI is InChI=1S/C36H50/c1-3-5-7-9-11-29-13-17-31(18-14-29)33-21-25-35(26-22-33)36-27-23-34(24-28-36)32-19-15-30(16-20-32)12-10-8-6-4-2/h3,13,21-28,30-32H,1,4-12,14-20H2,2H3. The number of hydrogen-bond donors (Lipinski definition) is 0. The molecular weight excluding hydrogens is 432 g/mol. The fourth-order valence-electron chi connectivity index (χ4n) is 6.60. The number of allylic oxidation sites excluding steroid dienone is 3. The Morgan fingerprint density at radius 3 is 1.97 bits per heavy atom. The van der Waals surface area contributed by atoms with E-state index in [4.69, 9.17) is 0 Å². The van der Waals surface area contributed by atoms with Gasteiger partial charge < -0.3 is 0 Å². The predicted molar refractivity (Wildman–Crippen MR) is 159 cm³/mol. The van der Waals surface area contributed by atoms with E-state index in [1.165, 1.54) is 113 Å². The SMILES string of the molecule is C=CCCCCC1=CCC(c2ccc(-c3ccc(C4CCC(CCCCCC)CC4)cc3)cc2)CC1. The highest BCUT2D eigenvalue weighted by Gasteiger charge is 2.22. The van der Waals surface area contributed by atoms with Crippen molar-refractivity contribution in [2.24, 2.45) is 5.92 Å². The molecule has 1 atom stereocenters. The molecule has 1 unspecified atom stereocenters. The maximum Gasteiger partial charge on any atom is -0.0124 e. The zero-order valence-corrected chi connectivity index (χ0v) is 23.0. The smallest absolute Gasteiger partial charge is 0.0124 e. The minimum atomic E-state index is 0.695. The summed E-state index contributed by atoms with van der Waals surface area (Å²) in [5.41, 5.74) is 7.49. The lowest BCUT2D eigenvalue weighted by atomic mass is 9.77. The van der Waals surface area contributed by atoms with Gasteiger partial charge in [-0.1, -0.05) is 105 Å². The molecule has 0 heteroatoms. The van der Waals surface area contributed by atoms with Crippen molar-refractivity contribution in [2.45, 2.75) is 121 Å². The average Bonchev–Trinajstić information content (AvgIpc) is 2.94. The van der Waals surface area contributed by atoms with Crippen molar-refractivity contribution in [1.82, 2.24) is 0 Å². The van der Waals surface area contributed by atoms with Gasteiger partial charge >= 0.3 is 0 Å². The molecule has 0 heterocycles. The van der Waals surface area contributed by atoms with Gasteiger partial charge in [0.1, 0.15) is 0 Å². The van der Waals surface area contributed by atoms with E-state index >= 15 is 0 Å². The van der Waals surface area contributed by atoms with Crippen molar-refractivity contribution in [2.75, 3.05) is 0 Å². The fourth-order valence-corrected chi connectivity index (χ4v) is 6.60. The first-order valence-corrected chi connectivity index (χ1v) is 15.3. The van der Waals surface area contributed by atoms with Gasteiger partial charge in [-0.3, -0.25) is 0 Å². The molecule has 0 nitrogen and oxygen atoms in total. The highest BCUT2D eigenvalue weighted by Crippen LogP contribution is 2.39. The van der Waals surface area contributed by atoms with Gasteiger partial charge in [0.25, 0.3) is 0 Å². The molecule has 4 rings (SSSR count). The molecule has 2 aromatic carbocycles. The van der Waals surface area contributed by atoms with Crippen molar-refractivity contribution in [3.63, 3.8) is 0 Å². The molecular formula is C36H50. The van der Waals surface area contributed by atoms with Crippen molar-refractivity contribution >= 4 is 0 Å². The highest BCUT2D eigenvalue weighted by atomic mass is 14.3. The molecule has 1 saturated carbocycles. The molecule has 2 aliphatic carbocycles. The fraction of sp³-hybridized carbons (Fsp3) is 0.556. The van der Waals surface area contributed by atoms with Crippen molar-refractivity contribution < 1.29 is 0 Å². The Balaban J connectivity index is 1.24. The molecule has 0 spiro atoms. The van der Waals surface area contributed by atoms with Crippen molar-refractivity contribution in [3.8, 4) is 11.1 Å². The second kappa shape index (κ2) is 14.6. The van der Waals surface area contributed by atoms with Crippen LogP contribution in [0.25, 0.3) is 11.1 Å². The van der Waals surface area contributed by atoms with Gasteiger partial charge in [-0.25, -0.2) is 0 Å². The third-order valence-corrected chi connectivity index (χ3v) is 9.07. The lowest BCUT2D eigenvalue weighted by Crippen LogP contribution is -2.13. The maximum absolute atomic E-state index is 3.84. The molecule has 0 bridgehead atoms. The predicted octanol–water partition coefficient (Wildman–Crippen LogP) is 11.5. The quantitative estimate of drug-likeness (QED) is 0.197. The molecule has 0 radical (unpaired) electrons. The first-order chi connectivity index (χ1) is 17.8. The summed E-state index contributed by atoms with van der Waals surface area (Å²) in [6, 6.07) is 19.0. The Bertz CT molecular complexity index is 921. The van der Waals surface area contributed by atoms with Crippen LogP contribution in [-0.2, 0) is 0 Å². The summed E-state index contributed by atoms with van der Waals surface area (Å²) in [4.78, 5) is 0. The van der Waals surface area contributed by atoms with Crippen molar-refractivity contribution in [1.29, 1.82) is 0 Å². The highest BCUT2D eigenvalue weighted by molar-refractivity contribution is 5.64. The zero-order valence-electron chi connectivity index (χ0n) is 23.0. The number of hydrogen-bond acceptors (Lipinski definition) is 0. The van der Waals surface area contributed by atoms with Crippen molar-refractivity contribution in [3.05, 3.63) is 84.0 Å². The van der Waals surface area contributed by atoms with Gasteiger partial charge in [0.05, 0.1) is 0 Å². The molecule has 0 aliphatic heterocycles. The van der Waals surface area contributed by atoms with Gasteiger partial charge in [-0.15, -0.1) is 6.58 Å². The molecule has 2 aliphatic rings. The second-order valence-electron chi connectivity index (χ2n) is 11.7. The first kappa shape index (κ1) is 27.0. The van der Waals surface area contributed by atoms with Gasteiger partial charge in [-0.05, 0) is 111 Å². The molecule has 1 fully saturated rings. The van der Waals surface area contributed by atoms with E-state index in [1.807, 2.05) is 6.08 Å². The number of unbranched alkanes of at least 4 members (excludes halogenated alkanes) is 5. The molecule has 0 N–H and O–H groups in total. The van der Waals surface area contributed by atoms with Crippen LogP contribution >= 0.6 is 0 Å². The summed E-state index contributed by atoms with van der Waals surface area (Å²) in [7, 11) is 0. The summed E-state index contributed by atoms with van der Waals surface area (Å²) in [6.45, 7) is 6.15. The largest absolute Gasteiger partial charge is 0.103 e. The minimum Gasteiger partial charge on any atom is -0.103 e. The van der Waals surface area contributed by atoms with Crippen LogP contribution in [0.1, 0.15) is 133 Å². The number of rotatable bonds is 13. The van der Waals surface area contributed by atoms with E-state index in [0.717, 1.165) is 18.3 Å². The monoisotopic (exact) mass is 482 g/mol. The second-order valence-corrected chi connectivity index (χ2v) is 11.7. The Labute approximate surface area is 222 Å². The van der Waals surface area contributed by atoms with Crippen LogP contribution in [0.5, 0.6) is 0 Å². The zero-order chi connectivity index (χ0) is 25.0. The summed E-state index contributed by atoms with van der Waals surface area (Å²) < 4.78 is 0. The van der Waals surface area contributed by atoms with Crippen LogP contribution < -0.4 is 0 Å². The Hall–Kier alpha value is -2.08. The molecule has 36 heavy (non-hydrogen) atoms. The van der Waals surface area contributed by atoms with E-state index in [9.17, 15) is 0 Å². The van der Waals surface area contributed by atoms with Gasteiger partial charge in [-0.2, -0.15) is 0 Å². The Morgan fingerprint density at radius 2 is 1.39 bits per heavy atom. The average molecular weight is 483 g/mol. The summed E-state index contributed by atoms with van der Waals surface area (Å²) in [5.74, 6) is 2.46. The van der Waals surface area contributed by atoms with E-state index < -0.39 is 0 Å². The van der Waals surface area contributed by atoms with Crippen LogP contribution in [0.15, 0.2) is 72.8 Å². The minimum absolute atomic E-state index is 0.695. The first-order valence-electron chi connectivity index (χ1n) is 15.3. The van der Waals surface area contributed by atoms with Gasteiger partial charge in [0, 0.05) is 0 Å². The summed E-state index contributed by atoms with van der Waals surface area (Å²) >= 11 is 0. The van der Waals surface area contributed by atoms with Crippen LogP contribution in [0.2, 0.25) is 0 Å². The van der Waals surface area contributed by atoms with Crippen LogP contribution in [0.3, 0.4) is 0 Å². The number of benzene rings is 2. The normalized spacial score (nSPS) is 22.2. The molecule has 0 amide bonds. The van der Waals surface area contributed by atoms with E-state index in [1.54, 1.807) is 11.1 Å². The van der Waals surface area contributed by atoms with E-state index in [2.05, 4.69) is 68.1 Å².